The van der Waals surface area contributed by atoms with Crippen molar-refractivity contribution in [2.24, 2.45) is 0 Å². The molecule has 0 aliphatic carbocycles. The van der Waals surface area contributed by atoms with E-state index in [1.165, 1.54) is 0 Å². The lowest BCUT2D eigenvalue weighted by Crippen LogP contribution is -2.01. The van der Waals surface area contributed by atoms with E-state index in [-0.39, 0.29) is 0 Å². The molecule has 120 valence electrons. The Bertz CT molecular complexity index is 901. The van der Waals surface area contributed by atoms with Crippen LogP contribution < -0.4 is 5.32 Å². The maximum atomic E-state index is 4.68. The van der Waals surface area contributed by atoms with E-state index < -0.39 is 0 Å². The van der Waals surface area contributed by atoms with Gasteiger partial charge in [-0.1, -0.05) is 30.3 Å². The molecule has 0 atom stereocenters. The topological polar surface area (TPSA) is 76.5 Å². The molecule has 6 nitrogen and oxygen atoms in total. The molecule has 0 spiro atoms. The third kappa shape index (κ3) is 3.48. The third-order valence-corrected chi connectivity index (χ3v) is 3.52. The first-order chi connectivity index (χ1) is 12.4. The Kier molecular flexibility index (Phi) is 4.07. The van der Waals surface area contributed by atoms with Gasteiger partial charge >= 0.3 is 0 Å². The SMILES string of the molecule is c1ccc(-c2cc(Nc3ncccn3)nc(-c3cccnc3)n2)cc1. The minimum absolute atomic E-state index is 0.484. The van der Waals surface area contributed by atoms with Crippen LogP contribution in [-0.4, -0.2) is 24.9 Å². The summed E-state index contributed by atoms with van der Waals surface area (Å²) in [5, 5.41) is 3.13. The second kappa shape index (κ2) is 6.84. The third-order valence-electron chi connectivity index (χ3n) is 3.52. The van der Waals surface area contributed by atoms with Crippen LogP contribution in [0, 0.1) is 0 Å². The molecule has 0 aliphatic rings. The maximum Gasteiger partial charge on any atom is 0.228 e. The molecular formula is C19H14N6. The Morgan fingerprint density at radius 1 is 0.720 bits per heavy atom. The number of rotatable bonds is 4. The standard InChI is InChI=1S/C19H14N6/c1-2-6-14(7-3-1)16-12-17(25-19-21-10-5-11-22-19)24-18(23-16)15-8-4-9-20-13-15/h1-13H,(H,21,22,23,24,25). The lowest BCUT2D eigenvalue weighted by Gasteiger charge is -2.09. The summed E-state index contributed by atoms with van der Waals surface area (Å²) < 4.78 is 0. The molecule has 4 rings (SSSR count). The molecule has 0 bridgehead atoms. The molecule has 1 N–H and O–H groups in total. The summed E-state index contributed by atoms with van der Waals surface area (Å²) in [4.78, 5) is 21.8. The van der Waals surface area contributed by atoms with Gasteiger partial charge in [-0.25, -0.2) is 19.9 Å². The van der Waals surface area contributed by atoms with Crippen molar-refractivity contribution in [3.05, 3.63) is 79.4 Å². The van der Waals surface area contributed by atoms with Crippen molar-refractivity contribution in [1.82, 2.24) is 24.9 Å². The Labute approximate surface area is 144 Å². The van der Waals surface area contributed by atoms with E-state index in [4.69, 9.17) is 0 Å². The van der Waals surface area contributed by atoms with Gasteiger partial charge in [-0.2, -0.15) is 0 Å². The van der Waals surface area contributed by atoms with Gasteiger partial charge in [0.1, 0.15) is 5.82 Å². The van der Waals surface area contributed by atoms with E-state index in [1.54, 1.807) is 30.9 Å². The van der Waals surface area contributed by atoms with E-state index in [2.05, 4.69) is 30.2 Å². The summed E-state index contributed by atoms with van der Waals surface area (Å²) in [6.45, 7) is 0. The first kappa shape index (κ1) is 14.9. The quantitative estimate of drug-likeness (QED) is 0.615. The van der Waals surface area contributed by atoms with E-state index in [9.17, 15) is 0 Å². The fourth-order valence-electron chi connectivity index (χ4n) is 2.37. The summed E-state index contributed by atoms with van der Waals surface area (Å²) in [5.74, 6) is 1.70. The number of nitrogens with one attached hydrogen (secondary N) is 1. The van der Waals surface area contributed by atoms with Crippen LogP contribution in [0.4, 0.5) is 11.8 Å². The van der Waals surface area contributed by atoms with E-state index >= 15 is 0 Å². The van der Waals surface area contributed by atoms with Crippen molar-refractivity contribution < 1.29 is 0 Å². The van der Waals surface area contributed by atoms with Gasteiger partial charge in [0.15, 0.2) is 5.82 Å². The lowest BCUT2D eigenvalue weighted by atomic mass is 10.1. The Morgan fingerprint density at radius 2 is 1.52 bits per heavy atom. The normalized spacial score (nSPS) is 10.4. The fraction of sp³-hybridized carbons (Fsp3) is 0. The summed E-state index contributed by atoms with van der Waals surface area (Å²) in [5.41, 5.74) is 2.66. The number of pyridine rings is 1. The molecule has 4 aromatic rings. The molecule has 0 aliphatic heterocycles. The van der Waals surface area contributed by atoms with Crippen LogP contribution in [0.5, 0.6) is 0 Å². The first-order valence-electron chi connectivity index (χ1n) is 7.77. The number of hydrogen-bond acceptors (Lipinski definition) is 6. The summed E-state index contributed by atoms with van der Waals surface area (Å²) in [6, 6.07) is 17.4. The zero-order chi connectivity index (χ0) is 16.9. The average Bonchev–Trinajstić information content (AvgIpc) is 2.70. The van der Waals surface area contributed by atoms with Crippen molar-refractivity contribution in [2.75, 3.05) is 5.32 Å². The average molecular weight is 326 g/mol. The van der Waals surface area contributed by atoms with Crippen molar-refractivity contribution >= 4 is 11.8 Å². The molecule has 0 radical (unpaired) electrons. The molecule has 0 fully saturated rings. The molecule has 0 saturated carbocycles. The van der Waals surface area contributed by atoms with Gasteiger partial charge in [0.2, 0.25) is 5.95 Å². The van der Waals surface area contributed by atoms with Crippen LogP contribution in [0.1, 0.15) is 0 Å². The fourth-order valence-corrected chi connectivity index (χ4v) is 2.37. The highest BCUT2D eigenvalue weighted by Gasteiger charge is 2.09. The molecular weight excluding hydrogens is 312 g/mol. The largest absolute Gasteiger partial charge is 0.309 e. The first-order valence-corrected chi connectivity index (χ1v) is 7.77. The zero-order valence-corrected chi connectivity index (χ0v) is 13.2. The highest BCUT2D eigenvalue weighted by Crippen LogP contribution is 2.24. The smallest absolute Gasteiger partial charge is 0.228 e. The predicted molar refractivity (Wildman–Crippen MR) is 96.0 cm³/mol. The van der Waals surface area contributed by atoms with Crippen LogP contribution in [0.25, 0.3) is 22.6 Å². The van der Waals surface area contributed by atoms with E-state index in [0.717, 1.165) is 16.8 Å². The van der Waals surface area contributed by atoms with Crippen molar-refractivity contribution in [1.29, 1.82) is 0 Å². The monoisotopic (exact) mass is 326 g/mol. The molecule has 3 aromatic heterocycles. The molecule has 0 unspecified atom stereocenters. The molecule has 1 aromatic carbocycles. The minimum Gasteiger partial charge on any atom is -0.309 e. The van der Waals surface area contributed by atoms with Gasteiger partial charge in [0.25, 0.3) is 0 Å². The van der Waals surface area contributed by atoms with Gasteiger partial charge in [-0.3, -0.25) is 4.98 Å². The van der Waals surface area contributed by atoms with Gasteiger partial charge in [-0.15, -0.1) is 0 Å². The van der Waals surface area contributed by atoms with Crippen LogP contribution in [-0.2, 0) is 0 Å². The van der Waals surface area contributed by atoms with Gasteiger partial charge in [-0.05, 0) is 18.2 Å². The number of benzene rings is 1. The van der Waals surface area contributed by atoms with Gasteiger partial charge in [0, 0.05) is 42.0 Å². The highest BCUT2D eigenvalue weighted by atomic mass is 15.1. The van der Waals surface area contributed by atoms with Crippen LogP contribution in [0.2, 0.25) is 0 Å². The summed E-state index contributed by atoms with van der Waals surface area (Å²) in [6.07, 6.45) is 6.82. The second-order valence-electron chi connectivity index (χ2n) is 5.27. The number of nitrogens with zero attached hydrogens (tertiary/aromatic N) is 5. The predicted octanol–water partition coefficient (Wildman–Crippen LogP) is 3.74. The van der Waals surface area contributed by atoms with Gasteiger partial charge in [0.05, 0.1) is 5.69 Å². The summed E-state index contributed by atoms with van der Waals surface area (Å²) >= 11 is 0. The Balaban J connectivity index is 1.80. The minimum atomic E-state index is 0.484. The zero-order valence-electron chi connectivity index (χ0n) is 13.2. The maximum absolute atomic E-state index is 4.68. The van der Waals surface area contributed by atoms with Crippen LogP contribution >= 0.6 is 0 Å². The van der Waals surface area contributed by atoms with Crippen molar-refractivity contribution in [2.45, 2.75) is 0 Å². The second-order valence-corrected chi connectivity index (χ2v) is 5.27. The molecule has 0 saturated heterocycles. The highest BCUT2D eigenvalue weighted by molar-refractivity contribution is 5.68. The number of aromatic nitrogens is 5. The Hall–Kier alpha value is -3.67. The Morgan fingerprint density at radius 3 is 2.28 bits per heavy atom. The molecule has 6 heteroatoms. The van der Waals surface area contributed by atoms with Crippen molar-refractivity contribution in [3.63, 3.8) is 0 Å². The molecule has 25 heavy (non-hydrogen) atoms. The van der Waals surface area contributed by atoms with Crippen molar-refractivity contribution in [3.8, 4) is 22.6 Å². The molecule has 0 amide bonds. The van der Waals surface area contributed by atoms with Crippen LogP contribution in [0.15, 0.2) is 79.4 Å². The van der Waals surface area contributed by atoms with Gasteiger partial charge < -0.3 is 5.32 Å². The van der Waals surface area contributed by atoms with Crippen LogP contribution in [0.3, 0.4) is 0 Å². The number of anilines is 2. The number of hydrogen-bond donors (Lipinski definition) is 1. The van der Waals surface area contributed by atoms with E-state index in [0.29, 0.717) is 17.6 Å². The molecule has 3 heterocycles. The van der Waals surface area contributed by atoms with E-state index in [1.807, 2.05) is 48.5 Å². The summed E-state index contributed by atoms with van der Waals surface area (Å²) in [7, 11) is 0. The lowest BCUT2D eigenvalue weighted by molar-refractivity contribution is 1.12.